The van der Waals surface area contributed by atoms with Crippen molar-refractivity contribution >= 4 is 20.0 Å². The molecule has 0 atom stereocenters. The highest BCUT2D eigenvalue weighted by atomic mass is 32.2. The summed E-state index contributed by atoms with van der Waals surface area (Å²) in [5, 5.41) is 0. The van der Waals surface area contributed by atoms with Gasteiger partial charge in [-0.25, -0.2) is 30.7 Å². The highest BCUT2D eigenvalue weighted by molar-refractivity contribution is 7.89. The standard InChI is InChI=1S/C11H17FN2O4S2/c1-2-19(15,16)13-7-4-8-14-20(17,18)11-6-3-5-10(12)9-11/h3,5-6,9,13-14H,2,4,7-8H2,1H3. The summed E-state index contributed by atoms with van der Waals surface area (Å²) in [6.45, 7) is 1.71. The fourth-order valence-corrected chi connectivity index (χ4v) is 3.11. The minimum atomic E-state index is -3.77. The van der Waals surface area contributed by atoms with Crippen LogP contribution in [-0.2, 0) is 20.0 Å². The number of hydrogen-bond acceptors (Lipinski definition) is 4. The fourth-order valence-electron chi connectivity index (χ4n) is 1.34. The molecule has 0 fully saturated rings. The lowest BCUT2D eigenvalue weighted by molar-refractivity contribution is 0.570. The van der Waals surface area contributed by atoms with Gasteiger partial charge in [-0.15, -0.1) is 0 Å². The second kappa shape index (κ2) is 7.11. The van der Waals surface area contributed by atoms with E-state index in [2.05, 4.69) is 9.44 Å². The molecular weight excluding hydrogens is 307 g/mol. The molecule has 0 saturated heterocycles. The van der Waals surface area contributed by atoms with Crippen LogP contribution in [0.4, 0.5) is 4.39 Å². The van der Waals surface area contributed by atoms with Crippen molar-refractivity contribution in [2.45, 2.75) is 18.2 Å². The van der Waals surface area contributed by atoms with Gasteiger partial charge in [-0.2, -0.15) is 0 Å². The zero-order valence-electron chi connectivity index (χ0n) is 11.0. The minimum Gasteiger partial charge on any atom is -0.215 e. The summed E-state index contributed by atoms with van der Waals surface area (Å²) in [7, 11) is -7.04. The van der Waals surface area contributed by atoms with Crippen LogP contribution in [-0.4, -0.2) is 35.7 Å². The first-order chi connectivity index (χ1) is 9.27. The molecule has 0 aliphatic heterocycles. The second-order valence-corrected chi connectivity index (χ2v) is 7.87. The smallest absolute Gasteiger partial charge is 0.215 e. The SMILES string of the molecule is CCS(=O)(=O)NCCCNS(=O)(=O)c1cccc(F)c1. The molecule has 0 aliphatic rings. The van der Waals surface area contributed by atoms with E-state index in [0.29, 0.717) is 6.42 Å². The van der Waals surface area contributed by atoms with E-state index in [9.17, 15) is 21.2 Å². The lowest BCUT2D eigenvalue weighted by Gasteiger charge is -2.07. The van der Waals surface area contributed by atoms with Crippen molar-refractivity contribution in [3.8, 4) is 0 Å². The molecule has 1 aromatic carbocycles. The van der Waals surface area contributed by atoms with Gasteiger partial charge >= 0.3 is 0 Å². The molecule has 0 aliphatic carbocycles. The van der Waals surface area contributed by atoms with Crippen molar-refractivity contribution in [2.75, 3.05) is 18.8 Å². The van der Waals surface area contributed by atoms with Crippen molar-refractivity contribution < 1.29 is 21.2 Å². The van der Waals surface area contributed by atoms with Gasteiger partial charge in [0.1, 0.15) is 5.82 Å². The van der Waals surface area contributed by atoms with Crippen LogP contribution in [0.15, 0.2) is 29.2 Å². The van der Waals surface area contributed by atoms with Gasteiger partial charge in [-0.05, 0) is 31.5 Å². The summed E-state index contributed by atoms with van der Waals surface area (Å²) in [5.74, 6) is -0.661. The van der Waals surface area contributed by atoms with Gasteiger partial charge in [-0.1, -0.05) is 6.07 Å². The Bertz CT molecular complexity index is 644. The third-order valence-corrected chi connectivity index (χ3v) is 5.32. The molecule has 0 radical (unpaired) electrons. The van der Waals surface area contributed by atoms with Crippen LogP contribution in [0.1, 0.15) is 13.3 Å². The number of nitrogens with one attached hydrogen (secondary N) is 2. The maximum Gasteiger partial charge on any atom is 0.240 e. The van der Waals surface area contributed by atoms with E-state index in [-0.39, 0.29) is 23.7 Å². The summed E-state index contributed by atoms with van der Waals surface area (Å²) in [4.78, 5) is -0.161. The van der Waals surface area contributed by atoms with Gasteiger partial charge in [0.25, 0.3) is 0 Å². The molecule has 0 heterocycles. The Kier molecular flexibility index (Phi) is 6.06. The quantitative estimate of drug-likeness (QED) is 0.679. The first-order valence-corrected chi connectivity index (χ1v) is 9.13. The van der Waals surface area contributed by atoms with Crippen LogP contribution >= 0.6 is 0 Å². The van der Waals surface area contributed by atoms with E-state index in [1.54, 1.807) is 0 Å². The predicted molar refractivity (Wildman–Crippen MR) is 73.7 cm³/mol. The highest BCUT2D eigenvalue weighted by Crippen LogP contribution is 2.09. The Labute approximate surface area is 118 Å². The van der Waals surface area contributed by atoms with E-state index in [4.69, 9.17) is 0 Å². The molecular formula is C11H17FN2O4S2. The monoisotopic (exact) mass is 324 g/mol. The average molecular weight is 324 g/mol. The van der Waals surface area contributed by atoms with E-state index in [1.165, 1.54) is 19.1 Å². The Hall–Kier alpha value is -1.03. The molecule has 1 aromatic rings. The minimum absolute atomic E-state index is 0.0258. The first-order valence-electron chi connectivity index (χ1n) is 5.99. The van der Waals surface area contributed by atoms with Gasteiger partial charge in [0.05, 0.1) is 10.6 Å². The molecule has 0 saturated carbocycles. The molecule has 114 valence electrons. The van der Waals surface area contributed by atoms with Crippen LogP contribution in [0.3, 0.4) is 0 Å². The Morgan fingerprint density at radius 1 is 1.10 bits per heavy atom. The summed E-state index contributed by atoms with van der Waals surface area (Å²) >= 11 is 0. The van der Waals surface area contributed by atoms with Crippen LogP contribution in [0.25, 0.3) is 0 Å². The zero-order chi connectivity index (χ0) is 15.2. The van der Waals surface area contributed by atoms with Crippen molar-refractivity contribution in [3.63, 3.8) is 0 Å². The molecule has 6 nitrogen and oxygen atoms in total. The first kappa shape index (κ1) is 17.0. The second-order valence-electron chi connectivity index (χ2n) is 4.01. The van der Waals surface area contributed by atoms with Crippen LogP contribution < -0.4 is 9.44 Å². The van der Waals surface area contributed by atoms with Gasteiger partial charge < -0.3 is 0 Å². The molecule has 0 bridgehead atoms. The molecule has 0 aromatic heterocycles. The summed E-state index contributed by atoms with van der Waals surface area (Å²) in [6, 6.07) is 4.66. The Morgan fingerprint density at radius 3 is 2.35 bits per heavy atom. The molecule has 0 spiro atoms. The number of benzene rings is 1. The van der Waals surface area contributed by atoms with Crippen LogP contribution in [0.5, 0.6) is 0 Å². The van der Waals surface area contributed by atoms with E-state index in [1.807, 2.05) is 0 Å². The van der Waals surface area contributed by atoms with Gasteiger partial charge in [0, 0.05) is 13.1 Å². The number of rotatable bonds is 8. The molecule has 0 amide bonds. The lowest BCUT2D eigenvalue weighted by atomic mass is 10.4. The summed E-state index contributed by atoms with van der Waals surface area (Å²) in [5.41, 5.74) is 0. The van der Waals surface area contributed by atoms with E-state index >= 15 is 0 Å². The lowest BCUT2D eigenvalue weighted by Crippen LogP contribution is -2.30. The molecule has 2 N–H and O–H groups in total. The van der Waals surface area contributed by atoms with E-state index in [0.717, 1.165) is 12.1 Å². The van der Waals surface area contributed by atoms with E-state index < -0.39 is 25.9 Å². The largest absolute Gasteiger partial charge is 0.240 e. The molecule has 1 rings (SSSR count). The third kappa shape index (κ3) is 5.53. The highest BCUT2D eigenvalue weighted by Gasteiger charge is 2.13. The normalized spacial score (nSPS) is 12.5. The number of halogens is 1. The van der Waals surface area contributed by atoms with Crippen molar-refractivity contribution in [1.29, 1.82) is 0 Å². The molecule has 0 unspecified atom stereocenters. The van der Waals surface area contributed by atoms with Crippen molar-refractivity contribution in [3.05, 3.63) is 30.1 Å². The van der Waals surface area contributed by atoms with Crippen LogP contribution in [0.2, 0.25) is 0 Å². The van der Waals surface area contributed by atoms with Gasteiger partial charge in [-0.3, -0.25) is 0 Å². The maximum absolute atomic E-state index is 12.9. The topological polar surface area (TPSA) is 92.3 Å². The van der Waals surface area contributed by atoms with Crippen molar-refractivity contribution in [2.24, 2.45) is 0 Å². The number of hydrogen-bond donors (Lipinski definition) is 2. The average Bonchev–Trinajstić information content (AvgIpc) is 2.38. The predicted octanol–water partition coefficient (Wildman–Crippen LogP) is 0.433. The Morgan fingerprint density at radius 2 is 1.75 bits per heavy atom. The maximum atomic E-state index is 12.9. The third-order valence-electron chi connectivity index (χ3n) is 2.45. The van der Waals surface area contributed by atoms with Crippen molar-refractivity contribution in [1.82, 2.24) is 9.44 Å². The van der Waals surface area contributed by atoms with Gasteiger partial charge in [0.2, 0.25) is 20.0 Å². The number of sulfonamides is 2. The summed E-state index contributed by atoms with van der Waals surface area (Å²) < 4.78 is 63.4. The summed E-state index contributed by atoms with van der Waals surface area (Å²) in [6.07, 6.45) is 0.299. The zero-order valence-corrected chi connectivity index (χ0v) is 12.6. The molecule has 9 heteroatoms. The van der Waals surface area contributed by atoms with Gasteiger partial charge in [0.15, 0.2) is 0 Å². The van der Waals surface area contributed by atoms with Crippen LogP contribution in [0, 0.1) is 5.82 Å². The molecule has 20 heavy (non-hydrogen) atoms. The fraction of sp³-hybridized carbons (Fsp3) is 0.455. The Balaban J connectivity index is 2.46.